The van der Waals surface area contributed by atoms with Gasteiger partial charge < -0.3 is 4.74 Å². The molecule has 2 rings (SSSR count). The summed E-state index contributed by atoms with van der Waals surface area (Å²) in [6.45, 7) is 5.95. The first kappa shape index (κ1) is 8.70. The van der Waals surface area contributed by atoms with Gasteiger partial charge in [-0.05, 0) is 37.5 Å². The van der Waals surface area contributed by atoms with Crippen LogP contribution in [-0.2, 0) is 4.74 Å². The third-order valence-corrected chi connectivity index (χ3v) is 2.65. The number of aryl methyl sites for hydroxylation is 2. The molecular formula is C11H15NO. The summed E-state index contributed by atoms with van der Waals surface area (Å²) in [6, 6.07) is 2.19. The molecule has 0 spiro atoms. The molecule has 1 saturated heterocycles. The number of aromatic nitrogens is 1. The highest BCUT2D eigenvalue weighted by atomic mass is 16.5. The summed E-state index contributed by atoms with van der Waals surface area (Å²) in [5.41, 5.74) is 3.82. The maximum atomic E-state index is 5.39. The molecule has 13 heavy (non-hydrogen) atoms. The molecule has 1 aliphatic heterocycles. The van der Waals surface area contributed by atoms with Crippen molar-refractivity contribution in [2.45, 2.75) is 26.2 Å². The molecule has 1 aromatic heterocycles. The summed E-state index contributed by atoms with van der Waals surface area (Å²) in [4.78, 5) is 4.27. The second-order valence-electron chi connectivity index (χ2n) is 3.74. The summed E-state index contributed by atoms with van der Waals surface area (Å²) in [7, 11) is 0. The van der Waals surface area contributed by atoms with E-state index in [4.69, 9.17) is 4.74 Å². The topological polar surface area (TPSA) is 22.1 Å². The minimum Gasteiger partial charge on any atom is -0.381 e. The second kappa shape index (κ2) is 3.46. The molecule has 0 N–H and O–H groups in total. The van der Waals surface area contributed by atoms with E-state index in [2.05, 4.69) is 18.0 Å². The zero-order valence-electron chi connectivity index (χ0n) is 8.21. The fourth-order valence-corrected chi connectivity index (χ4v) is 1.87. The van der Waals surface area contributed by atoms with Crippen LogP contribution < -0.4 is 0 Å². The molecule has 0 aliphatic carbocycles. The maximum Gasteiger partial charge on any atom is 0.0535 e. The second-order valence-corrected chi connectivity index (χ2v) is 3.74. The molecule has 0 radical (unpaired) electrons. The maximum absolute atomic E-state index is 5.39. The van der Waals surface area contributed by atoms with Crippen molar-refractivity contribution in [2.24, 2.45) is 0 Å². The van der Waals surface area contributed by atoms with E-state index < -0.39 is 0 Å². The van der Waals surface area contributed by atoms with Gasteiger partial charge in [-0.25, -0.2) is 0 Å². The normalized spacial score (nSPS) is 22.2. The molecule has 1 atom stereocenters. The van der Waals surface area contributed by atoms with Crippen molar-refractivity contribution in [3.8, 4) is 0 Å². The van der Waals surface area contributed by atoms with Crippen molar-refractivity contribution in [1.29, 1.82) is 0 Å². The highest BCUT2D eigenvalue weighted by Crippen LogP contribution is 2.27. The third-order valence-electron chi connectivity index (χ3n) is 2.65. The first-order chi connectivity index (χ1) is 6.27. The lowest BCUT2D eigenvalue weighted by Gasteiger charge is -2.11. The van der Waals surface area contributed by atoms with E-state index in [9.17, 15) is 0 Å². The van der Waals surface area contributed by atoms with Crippen LogP contribution in [0.2, 0.25) is 0 Å². The number of rotatable bonds is 1. The molecule has 1 unspecified atom stereocenters. The molecular weight excluding hydrogens is 162 g/mol. The average Bonchev–Trinajstić information content (AvgIpc) is 2.61. The minimum atomic E-state index is 0.599. The highest BCUT2D eigenvalue weighted by molar-refractivity contribution is 5.29. The molecule has 1 fully saturated rings. The van der Waals surface area contributed by atoms with Gasteiger partial charge >= 0.3 is 0 Å². The van der Waals surface area contributed by atoms with Crippen LogP contribution in [0.4, 0.5) is 0 Å². The first-order valence-corrected chi connectivity index (χ1v) is 4.78. The summed E-state index contributed by atoms with van der Waals surface area (Å²) >= 11 is 0. The first-order valence-electron chi connectivity index (χ1n) is 4.78. The zero-order chi connectivity index (χ0) is 9.26. The van der Waals surface area contributed by atoms with Gasteiger partial charge in [0.2, 0.25) is 0 Å². The predicted molar refractivity (Wildman–Crippen MR) is 51.9 cm³/mol. The number of pyridine rings is 1. The van der Waals surface area contributed by atoms with Crippen LogP contribution >= 0.6 is 0 Å². The number of ether oxygens (including phenoxy) is 1. The van der Waals surface area contributed by atoms with Crippen LogP contribution in [0.5, 0.6) is 0 Å². The van der Waals surface area contributed by atoms with Crippen molar-refractivity contribution in [3.63, 3.8) is 0 Å². The Hall–Kier alpha value is -0.890. The lowest BCUT2D eigenvalue weighted by Crippen LogP contribution is -2.01. The Labute approximate surface area is 78.9 Å². The Morgan fingerprint density at radius 1 is 1.46 bits per heavy atom. The monoisotopic (exact) mass is 177 g/mol. The van der Waals surface area contributed by atoms with Crippen LogP contribution in [0, 0.1) is 13.8 Å². The van der Waals surface area contributed by atoms with Crippen molar-refractivity contribution in [3.05, 3.63) is 29.1 Å². The van der Waals surface area contributed by atoms with Gasteiger partial charge in [0, 0.05) is 24.4 Å². The smallest absolute Gasteiger partial charge is 0.0535 e. The standard InChI is InChI=1S/C11H15NO/c1-8-6-12-9(2)5-11(8)10-3-4-13-7-10/h5-6,10H,3-4,7H2,1-2H3. The van der Waals surface area contributed by atoms with Gasteiger partial charge in [-0.2, -0.15) is 0 Å². The van der Waals surface area contributed by atoms with Gasteiger partial charge in [-0.3, -0.25) is 4.98 Å². The Morgan fingerprint density at radius 2 is 2.31 bits per heavy atom. The van der Waals surface area contributed by atoms with E-state index in [0.29, 0.717) is 5.92 Å². The zero-order valence-corrected chi connectivity index (χ0v) is 8.21. The quantitative estimate of drug-likeness (QED) is 0.656. The van der Waals surface area contributed by atoms with Crippen molar-refractivity contribution >= 4 is 0 Å². The molecule has 2 heteroatoms. The minimum absolute atomic E-state index is 0.599. The van der Waals surface area contributed by atoms with Crippen LogP contribution in [-0.4, -0.2) is 18.2 Å². The van der Waals surface area contributed by atoms with Crippen LogP contribution in [0.1, 0.15) is 29.2 Å². The number of hydrogen-bond donors (Lipinski definition) is 0. The van der Waals surface area contributed by atoms with E-state index in [0.717, 1.165) is 25.3 Å². The van der Waals surface area contributed by atoms with Crippen LogP contribution in [0.15, 0.2) is 12.3 Å². The molecule has 2 heterocycles. The number of nitrogens with zero attached hydrogens (tertiary/aromatic N) is 1. The van der Waals surface area contributed by atoms with Gasteiger partial charge in [-0.15, -0.1) is 0 Å². The molecule has 70 valence electrons. The fraction of sp³-hybridized carbons (Fsp3) is 0.545. The molecule has 1 aromatic rings. The Kier molecular flexibility index (Phi) is 2.32. The van der Waals surface area contributed by atoms with Crippen LogP contribution in [0.25, 0.3) is 0 Å². The summed E-state index contributed by atoms with van der Waals surface area (Å²) in [5, 5.41) is 0. The summed E-state index contributed by atoms with van der Waals surface area (Å²) in [5.74, 6) is 0.599. The Morgan fingerprint density at radius 3 is 3.00 bits per heavy atom. The van der Waals surface area contributed by atoms with Gasteiger partial charge in [0.05, 0.1) is 6.61 Å². The van der Waals surface area contributed by atoms with E-state index in [1.807, 2.05) is 13.1 Å². The lowest BCUT2D eigenvalue weighted by atomic mass is 9.95. The van der Waals surface area contributed by atoms with Crippen molar-refractivity contribution < 1.29 is 4.74 Å². The van der Waals surface area contributed by atoms with Gasteiger partial charge in [0.25, 0.3) is 0 Å². The number of hydrogen-bond acceptors (Lipinski definition) is 2. The average molecular weight is 177 g/mol. The largest absolute Gasteiger partial charge is 0.381 e. The summed E-state index contributed by atoms with van der Waals surface area (Å²) in [6.07, 6.45) is 3.12. The highest BCUT2D eigenvalue weighted by Gasteiger charge is 2.19. The van der Waals surface area contributed by atoms with Crippen molar-refractivity contribution in [2.75, 3.05) is 13.2 Å². The Bertz CT molecular complexity index is 303. The SMILES string of the molecule is Cc1cc(C2CCOC2)c(C)cn1. The molecule has 0 bridgehead atoms. The molecule has 2 nitrogen and oxygen atoms in total. The van der Waals surface area contributed by atoms with E-state index in [1.165, 1.54) is 11.1 Å². The van der Waals surface area contributed by atoms with E-state index >= 15 is 0 Å². The van der Waals surface area contributed by atoms with Crippen molar-refractivity contribution in [1.82, 2.24) is 4.98 Å². The fourth-order valence-electron chi connectivity index (χ4n) is 1.87. The Balaban J connectivity index is 2.32. The van der Waals surface area contributed by atoms with Gasteiger partial charge in [0.1, 0.15) is 0 Å². The molecule has 0 amide bonds. The van der Waals surface area contributed by atoms with E-state index in [-0.39, 0.29) is 0 Å². The van der Waals surface area contributed by atoms with Gasteiger partial charge in [-0.1, -0.05) is 0 Å². The van der Waals surface area contributed by atoms with E-state index in [1.54, 1.807) is 0 Å². The summed E-state index contributed by atoms with van der Waals surface area (Å²) < 4.78 is 5.39. The predicted octanol–water partition coefficient (Wildman–Crippen LogP) is 2.20. The third kappa shape index (κ3) is 1.73. The lowest BCUT2D eigenvalue weighted by molar-refractivity contribution is 0.194. The molecule has 0 aromatic carbocycles. The van der Waals surface area contributed by atoms with Crippen LogP contribution in [0.3, 0.4) is 0 Å². The molecule has 0 saturated carbocycles. The van der Waals surface area contributed by atoms with Gasteiger partial charge in [0.15, 0.2) is 0 Å². The molecule has 1 aliphatic rings.